The first-order valence-corrected chi connectivity index (χ1v) is 8.37. The second-order valence-corrected chi connectivity index (χ2v) is 5.89. The SMILES string of the molecule is COc1cccc(OC)c1OCC(=O)NC1CCCCCCC1. The van der Waals surface area contributed by atoms with E-state index < -0.39 is 0 Å². The Hall–Kier alpha value is -1.91. The molecule has 1 aromatic rings. The zero-order valence-corrected chi connectivity index (χ0v) is 14.1. The predicted octanol–water partition coefficient (Wildman–Crippen LogP) is 3.31. The van der Waals surface area contributed by atoms with Crippen LogP contribution in [0.5, 0.6) is 17.2 Å². The fourth-order valence-electron chi connectivity index (χ4n) is 2.97. The molecule has 1 amide bonds. The van der Waals surface area contributed by atoms with Crippen molar-refractivity contribution in [2.75, 3.05) is 20.8 Å². The van der Waals surface area contributed by atoms with Crippen molar-refractivity contribution < 1.29 is 19.0 Å². The van der Waals surface area contributed by atoms with E-state index in [0.29, 0.717) is 17.2 Å². The summed E-state index contributed by atoms with van der Waals surface area (Å²) in [5, 5.41) is 3.09. The van der Waals surface area contributed by atoms with Crippen molar-refractivity contribution in [3.05, 3.63) is 18.2 Å². The Balaban J connectivity index is 1.88. The topological polar surface area (TPSA) is 56.8 Å². The van der Waals surface area contributed by atoms with Gasteiger partial charge >= 0.3 is 0 Å². The summed E-state index contributed by atoms with van der Waals surface area (Å²) in [4.78, 5) is 12.2. The monoisotopic (exact) mass is 321 g/mol. The lowest BCUT2D eigenvalue weighted by atomic mass is 9.97. The minimum absolute atomic E-state index is 0.0345. The number of amides is 1. The number of rotatable bonds is 6. The van der Waals surface area contributed by atoms with E-state index >= 15 is 0 Å². The number of benzene rings is 1. The average Bonchev–Trinajstić information content (AvgIpc) is 2.54. The van der Waals surface area contributed by atoms with Crippen molar-refractivity contribution in [3.63, 3.8) is 0 Å². The Labute approximate surface area is 138 Å². The summed E-state index contributed by atoms with van der Waals surface area (Å²) in [5.74, 6) is 1.49. The van der Waals surface area contributed by atoms with Gasteiger partial charge in [0.25, 0.3) is 5.91 Å². The second kappa shape index (κ2) is 9.28. The first kappa shape index (κ1) is 17.4. The number of methoxy groups -OCH3 is 2. The molecule has 1 fully saturated rings. The lowest BCUT2D eigenvalue weighted by Crippen LogP contribution is -2.38. The maximum atomic E-state index is 12.2. The molecule has 1 aliphatic carbocycles. The number of para-hydroxylation sites is 1. The number of ether oxygens (including phenoxy) is 3. The van der Waals surface area contributed by atoms with Crippen molar-refractivity contribution in [1.29, 1.82) is 0 Å². The van der Waals surface area contributed by atoms with Crippen LogP contribution in [0.25, 0.3) is 0 Å². The highest BCUT2D eigenvalue weighted by Gasteiger charge is 2.16. The standard InChI is InChI=1S/C18H27NO4/c1-21-15-11-8-12-16(22-2)18(15)23-13-17(20)19-14-9-6-4-3-5-7-10-14/h8,11-12,14H,3-7,9-10,13H2,1-2H3,(H,19,20). The summed E-state index contributed by atoms with van der Waals surface area (Å²) in [5.41, 5.74) is 0. The maximum absolute atomic E-state index is 12.2. The van der Waals surface area contributed by atoms with Crippen molar-refractivity contribution in [2.45, 2.75) is 51.0 Å². The third-order valence-electron chi connectivity index (χ3n) is 4.20. The van der Waals surface area contributed by atoms with E-state index in [2.05, 4.69) is 5.32 Å². The van der Waals surface area contributed by atoms with Gasteiger partial charge in [0.1, 0.15) is 0 Å². The highest BCUT2D eigenvalue weighted by atomic mass is 16.5. The highest BCUT2D eigenvalue weighted by Crippen LogP contribution is 2.36. The van der Waals surface area contributed by atoms with Gasteiger partial charge in [-0.2, -0.15) is 0 Å². The van der Waals surface area contributed by atoms with E-state index in [0.717, 1.165) is 12.8 Å². The van der Waals surface area contributed by atoms with Crippen LogP contribution in [0, 0.1) is 0 Å². The van der Waals surface area contributed by atoms with Crippen LogP contribution in [0.15, 0.2) is 18.2 Å². The van der Waals surface area contributed by atoms with Gasteiger partial charge < -0.3 is 19.5 Å². The zero-order valence-electron chi connectivity index (χ0n) is 14.1. The van der Waals surface area contributed by atoms with Crippen molar-refractivity contribution in [3.8, 4) is 17.2 Å². The Bertz CT molecular complexity index is 474. The Morgan fingerprint density at radius 3 is 2.17 bits per heavy atom. The number of carbonyl (C=O) groups is 1. The van der Waals surface area contributed by atoms with Gasteiger partial charge in [0.2, 0.25) is 5.75 Å². The number of hydrogen-bond donors (Lipinski definition) is 1. The number of hydrogen-bond acceptors (Lipinski definition) is 4. The number of carbonyl (C=O) groups excluding carboxylic acids is 1. The van der Waals surface area contributed by atoms with Gasteiger partial charge in [0.15, 0.2) is 18.1 Å². The first-order chi connectivity index (χ1) is 11.2. The van der Waals surface area contributed by atoms with Gasteiger partial charge in [-0.15, -0.1) is 0 Å². The normalized spacial score (nSPS) is 16.1. The minimum atomic E-state index is -0.0940. The molecule has 0 spiro atoms. The Kier molecular flexibility index (Phi) is 7.04. The zero-order chi connectivity index (χ0) is 16.5. The second-order valence-electron chi connectivity index (χ2n) is 5.89. The summed E-state index contributed by atoms with van der Waals surface area (Å²) in [7, 11) is 3.13. The average molecular weight is 321 g/mol. The van der Waals surface area contributed by atoms with Crippen molar-refractivity contribution in [2.24, 2.45) is 0 Å². The van der Waals surface area contributed by atoms with Gasteiger partial charge in [0.05, 0.1) is 14.2 Å². The Morgan fingerprint density at radius 1 is 1.04 bits per heavy atom. The molecule has 1 aliphatic rings. The third kappa shape index (κ3) is 5.34. The van der Waals surface area contributed by atoms with Crippen LogP contribution in [0.3, 0.4) is 0 Å². The van der Waals surface area contributed by atoms with E-state index in [4.69, 9.17) is 14.2 Å². The molecular weight excluding hydrogens is 294 g/mol. The lowest BCUT2D eigenvalue weighted by Gasteiger charge is -2.21. The summed E-state index contributed by atoms with van der Waals surface area (Å²) in [6.07, 6.45) is 8.34. The molecule has 5 nitrogen and oxygen atoms in total. The summed E-state index contributed by atoms with van der Waals surface area (Å²) >= 11 is 0. The van der Waals surface area contributed by atoms with Crippen LogP contribution in [-0.4, -0.2) is 32.8 Å². The molecule has 0 bridgehead atoms. The van der Waals surface area contributed by atoms with E-state index in [-0.39, 0.29) is 18.6 Å². The molecule has 1 saturated carbocycles. The summed E-state index contributed by atoms with van der Waals surface area (Å²) in [6, 6.07) is 5.65. The van der Waals surface area contributed by atoms with Crippen LogP contribution < -0.4 is 19.5 Å². The van der Waals surface area contributed by atoms with Crippen molar-refractivity contribution in [1.82, 2.24) is 5.32 Å². The van der Waals surface area contributed by atoms with Crippen LogP contribution in [-0.2, 0) is 4.79 Å². The molecule has 1 N–H and O–H groups in total. The maximum Gasteiger partial charge on any atom is 0.258 e. The molecule has 2 rings (SSSR count). The van der Waals surface area contributed by atoms with Gasteiger partial charge in [-0.1, -0.05) is 38.2 Å². The van der Waals surface area contributed by atoms with E-state index in [1.165, 1.54) is 32.1 Å². The molecule has 0 radical (unpaired) electrons. The summed E-state index contributed by atoms with van der Waals surface area (Å²) < 4.78 is 16.2. The lowest BCUT2D eigenvalue weighted by molar-refractivity contribution is -0.124. The van der Waals surface area contributed by atoms with Crippen molar-refractivity contribution >= 4 is 5.91 Å². The van der Waals surface area contributed by atoms with Gasteiger partial charge in [-0.05, 0) is 25.0 Å². The molecule has 0 aromatic heterocycles. The molecule has 0 aliphatic heterocycles. The van der Waals surface area contributed by atoms with Gasteiger partial charge in [-0.25, -0.2) is 0 Å². The van der Waals surface area contributed by atoms with E-state index in [1.54, 1.807) is 26.4 Å². The highest BCUT2D eigenvalue weighted by molar-refractivity contribution is 5.78. The predicted molar refractivity (Wildman–Crippen MR) is 89.3 cm³/mol. The molecular formula is C18H27NO4. The van der Waals surface area contributed by atoms with Crippen LogP contribution in [0.4, 0.5) is 0 Å². The quantitative estimate of drug-likeness (QED) is 0.873. The van der Waals surface area contributed by atoms with Crippen LogP contribution >= 0.6 is 0 Å². The fraction of sp³-hybridized carbons (Fsp3) is 0.611. The molecule has 0 saturated heterocycles. The fourth-order valence-corrected chi connectivity index (χ4v) is 2.97. The summed E-state index contributed by atoms with van der Waals surface area (Å²) in [6.45, 7) is -0.0345. The van der Waals surface area contributed by atoms with Gasteiger partial charge in [-0.3, -0.25) is 4.79 Å². The molecule has 5 heteroatoms. The van der Waals surface area contributed by atoms with Crippen LogP contribution in [0.1, 0.15) is 44.9 Å². The minimum Gasteiger partial charge on any atom is -0.493 e. The van der Waals surface area contributed by atoms with E-state index in [1.807, 2.05) is 6.07 Å². The smallest absolute Gasteiger partial charge is 0.258 e. The molecule has 0 heterocycles. The Morgan fingerprint density at radius 2 is 1.61 bits per heavy atom. The molecule has 1 aromatic carbocycles. The number of nitrogens with one attached hydrogen (secondary N) is 1. The molecule has 0 unspecified atom stereocenters. The molecule has 23 heavy (non-hydrogen) atoms. The van der Waals surface area contributed by atoms with Crippen LogP contribution in [0.2, 0.25) is 0 Å². The largest absolute Gasteiger partial charge is 0.493 e. The first-order valence-electron chi connectivity index (χ1n) is 8.37. The third-order valence-corrected chi connectivity index (χ3v) is 4.20. The molecule has 0 atom stereocenters. The van der Waals surface area contributed by atoms with E-state index in [9.17, 15) is 4.79 Å². The molecule has 128 valence electrons. The van der Waals surface area contributed by atoms with Gasteiger partial charge in [0, 0.05) is 6.04 Å².